The Labute approximate surface area is 88.0 Å². The van der Waals surface area contributed by atoms with Gasteiger partial charge in [0.15, 0.2) is 5.58 Å². The molecule has 0 aliphatic heterocycles. The van der Waals surface area contributed by atoms with E-state index in [4.69, 9.17) is 14.9 Å². The van der Waals surface area contributed by atoms with Crippen LogP contribution >= 0.6 is 0 Å². The van der Waals surface area contributed by atoms with Crippen molar-refractivity contribution in [1.29, 1.82) is 0 Å². The molecular weight excluding hydrogens is 192 g/mol. The minimum absolute atomic E-state index is 0.303. The summed E-state index contributed by atoms with van der Waals surface area (Å²) < 4.78 is 10.5. The Morgan fingerprint density at radius 1 is 1.53 bits per heavy atom. The molecule has 80 valence electrons. The van der Waals surface area contributed by atoms with E-state index in [1.165, 1.54) is 0 Å². The van der Waals surface area contributed by atoms with Crippen molar-refractivity contribution < 1.29 is 9.15 Å². The molecule has 1 atom stereocenters. The molecule has 15 heavy (non-hydrogen) atoms. The summed E-state index contributed by atoms with van der Waals surface area (Å²) in [5.74, 6) is 0.525. The van der Waals surface area contributed by atoms with Crippen LogP contribution in [0, 0.1) is 6.92 Å². The van der Waals surface area contributed by atoms with Gasteiger partial charge >= 0.3 is 0 Å². The quantitative estimate of drug-likeness (QED) is 0.831. The second-order valence-corrected chi connectivity index (χ2v) is 3.59. The standard InChI is InChI=1S/C11H14N2O2/c1-7-3-4-10-9(5-7)13-11(15-10)8(12)6-14-2/h3-5,8H,6,12H2,1-2H3. The second-order valence-electron chi connectivity index (χ2n) is 3.59. The van der Waals surface area contributed by atoms with Crippen molar-refractivity contribution in [3.05, 3.63) is 29.7 Å². The molecule has 0 bridgehead atoms. The third-order valence-electron chi connectivity index (χ3n) is 2.22. The molecule has 4 nitrogen and oxygen atoms in total. The lowest BCUT2D eigenvalue weighted by atomic mass is 10.2. The Morgan fingerprint density at radius 2 is 2.33 bits per heavy atom. The van der Waals surface area contributed by atoms with Gasteiger partial charge in [-0.1, -0.05) is 6.07 Å². The third-order valence-corrected chi connectivity index (χ3v) is 2.22. The van der Waals surface area contributed by atoms with Gasteiger partial charge in [-0.15, -0.1) is 0 Å². The third kappa shape index (κ3) is 2.00. The van der Waals surface area contributed by atoms with Crippen LogP contribution in [0.15, 0.2) is 22.6 Å². The molecule has 1 aromatic heterocycles. The number of nitrogens with zero attached hydrogens (tertiary/aromatic N) is 1. The number of fused-ring (bicyclic) bond motifs is 1. The molecule has 0 radical (unpaired) electrons. The number of benzene rings is 1. The largest absolute Gasteiger partial charge is 0.439 e. The lowest BCUT2D eigenvalue weighted by molar-refractivity contribution is 0.171. The molecule has 0 aliphatic carbocycles. The average molecular weight is 206 g/mol. The summed E-state index contributed by atoms with van der Waals surface area (Å²) in [7, 11) is 1.60. The summed E-state index contributed by atoms with van der Waals surface area (Å²) in [4.78, 5) is 4.32. The van der Waals surface area contributed by atoms with E-state index in [1.54, 1.807) is 7.11 Å². The van der Waals surface area contributed by atoms with Crippen LogP contribution < -0.4 is 5.73 Å². The first-order chi connectivity index (χ1) is 7.20. The zero-order valence-corrected chi connectivity index (χ0v) is 8.86. The van der Waals surface area contributed by atoms with Crippen LogP contribution in [0.25, 0.3) is 11.1 Å². The van der Waals surface area contributed by atoms with Gasteiger partial charge in [0.1, 0.15) is 11.6 Å². The highest BCUT2D eigenvalue weighted by Crippen LogP contribution is 2.20. The molecule has 1 unspecified atom stereocenters. The highest BCUT2D eigenvalue weighted by atomic mass is 16.5. The summed E-state index contributed by atoms with van der Waals surface area (Å²) in [5, 5.41) is 0. The monoisotopic (exact) mass is 206 g/mol. The summed E-state index contributed by atoms with van der Waals surface area (Å²) in [6.07, 6.45) is 0. The molecule has 2 aromatic rings. The van der Waals surface area contributed by atoms with Gasteiger partial charge in [-0.3, -0.25) is 0 Å². The van der Waals surface area contributed by atoms with E-state index in [1.807, 2.05) is 25.1 Å². The van der Waals surface area contributed by atoms with Gasteiger partial charge in [-0.2, -0.15) is 0 Å². The normalized spacial score (nSPS) is 13.3. The van der Waals surface area contributed by atoms with Gasteiger partial charge < -0.3 is 14.9 Å². The fourth-order valence-corrected chi connectivity index (χ4v) is 1.46. The zero-order valence-electron chi connectivity index (χ0n) is 8.86. The Morgan fingerprint density at radius 3 is 3.07 bits per heavy atom. The molecule has 1 aromatic carbocycles. The predicted molar refractivity (Wildman–Crippen MR) is 57.6 cm³/mol. The molecule has 0 saturated carbocycles. The Bertz CT molecular complexity index is 465. The number of hydrogen-bond acceptors (Lipinski definition) is 4. The van der Waals surface area contributed by atoms with E-state index < -0.39 is 0 Å². The van der Waals surface area contributed by atoms with E-state index >= 15 is 0 Å². The molecule has 2 N–H and O–H groups in total. The molecule has 0 aliphatic rings. The molecule has 0 spiro atoms. The summed E-state index contributed by atoms with van der Waals surface area (Å²) in [6, 6.07) is 5.56. The minimum Gasteiger partial charge on any atom is -0.439 e. The van der Waals surface area contributed by atoms with Crippen LogP contribution in [0.1, 0.15) is 17.5 Å². The first-order valence-corrected chi connectivity index (χ1v) is 4.82. The van der Waals surface area contributed by atoms with E-state index in [-0.39, 0.29) is 6.04 Å². The van der Waals surface area contributed by atoms with E-state index in [0.29, 0.717) is 12.5 Å². The smallest absolute Gasteiger partial charge is 0.214 e. The number of oxazole rings is 1. The van der Waals surface area contributed by atoms with Crippen molar-refractivity contribution >= 4 is 11.1 Å². The Hall–Kier alpha value is -1.39. The first-order valence-electron chi connectivity index (χ1n) is 4.82. The first kappa shape index (κ1) is 10.1. The van der Waals surface area contributed by atoms with Gasteiger partial charge in [0.25, 0.3) is 0 Å². The fraction of sp³-hybridized carbons (Fsp3) is 0.364. The van der Waals surface area contributed by atoms with Crippen molar-refractivity contribution in [3.63, 3.8) is 0 Å². The second kappa shape index (κ2) is 4.00. The van der Waals surface area contributed by atoms with Crippen molar-refractivity contribution in [3.8, 4) is 0 Å². The maximum atomic E-state index is 5.83. The van der Waals surface area contributed by atoms with E-state index in [9.17, 15) is 0 Å². The van der Waals surface area contributed by atoms with Crippen molar-refractivity contribution in [2.24, 2.45) is 5.73 Å². The number of aromatic nitrogens is 1. The molecule has 4 heteroatoms. The Balaban J connectivity index is 2.38. The van der Waals surface area contributed by atoms with Crippen LogP contribution in [-0.4, -0.2) is 18.7 Å². The van der Waals surface area contributed by atoms with E-state index in [2.05, 4.69) is 4.98 Å². The molecule has 2 rings (SSSR count). The van der Waals surface area contributed by atoms with Gasteiger partial charge in [0.05, 0.1) is 6.61 Å². The number of methoxy groups -OCH3 is 1. The predicted octanol–water partition coefficient (Wildman–Crippen LogP) is 1.78. The number of nitrogens with two attached hydrogens (primary N) is 1. The van der Waals surface area contributed by atoms with Crippen LogP contribution in [0.4, 0.5) is 0 Å². The van der Waals surface area contributed by atoms with Crippen molar-refractivity contribution in [1.82, 2.24) is 4.98 Å². The molecule has 0 saturated heterocycles. The number of ether oxygens (including phenoxy) is 1. The van der Waals surface area contributed by atoms with Crippen LogP contribution in [0.3, 0.4) is 0 Å². The maximum Gasteiger partial charge on any atom is 0.214 e. The molecule has 0 amide bonds. The SMILES string of the molecule is COCC(N)c1nc2cc(C)ccc2o1. The molecular formula is C11H14N2O2. The summed E-state index contributed by atoms with van der Waals surface area (Å²) in [5.41, 5.74) is 8.59. The summed E-state index contributed by atoms with van der Waals surface area (Å²) in [6.45, 7) is 2.43. The van der Waals surface area contributed by atoms with Gasteiger partial charge in [-0.25, -0.2) is 4.98 Å². The fourth-order valence-electron chi connectivity index (χ4n) is 1.46. The lowest BCUT2D eigenvalue weighted by Crippen LogP contribution is -2.16. The molecule has 1 heterocycles. The van der Waals surface area contributed by atoms with Gasteiger partial charge in [0.2, 0.25) is 5.89 Å². The van der Waals surface area contributed by atoms with Crippen LogP contribution in [0.5, 0.6) is 0 Å². The van der Waals surface area contributed by atoms with Crippen LogP contribution in [0.2, 0.25) is 0 Å². The molecule has 0 fully saturated rings. The number of rotatable bonds is 3. The van der Waals surface area contributed by atoms with Gasteiger partial charge in [0, 0.05) is 7.11 Å². The lowest BCUT2D eigenvalue weighted by Gasteiger charge is -2.03. The summed E-state index contributed by atoms with van der Waals surface area (Å²) >= 11 is 0. The van der Waals surface area contributed by atoms with E-state index in [0.717, 1.165) is 16.7 Å². The highest BCUT2D eigenvalue weighted by Gasteiger charge is 2.13. The average Bonchev–Trinajstić information content (AvgIpc) is 2.60. The number of hydrogen-bond donors (Lipinski definition) is 1. The Kier molecular flexibility index (Phi) is 2.70. The topological polar surface area (TPSA) is 61.3 Å². The van der Waals surface area contributed by atoms with Crippen molar-refractivity contribution in [2.45, 2.75) is 13.0 Å². The van der Waals surface area contributed by atoms with Crippen LogP contribution in [-0.2, 0) is 4.74 Å². The maximum absolute atomic E-state index is 5.83. The zero-order chi connectivity index (χ0) is 10.8. The van der Waals surface area contributed by atoms with Gasteiger partial charge in [-0.05, 0) is 24.6 Å². The minimum atomic E-state index is -0.303. The highest BCUT2D eigenvalue weighted by molar-refractivity contribution is 5.73. The number of aryl methyl sites for hydroxylation is 1. The van der Waals surface area contributed by atoms with Crippen molar-refractivity contribution in [2.75, 3.05) is 13.7 Å².